The summed E-state index contributed by atoms with van der Waals surface area (Å²) >= 11 is 0. The summed E-state index contributed by atoms with van der Waals surface area (Å²) in [5.41, 5.74) is 2.82. The van der Waals surface area contributed by atoms with Crippen molar-refractivity contribution in [1.29, 1.82) is 0 Å². The highest BCUT2D eigenvalue weighted by molar-refractivity contribution is 5.38. The standard InChI is InChI=1S/C26H42O3/c1-17(7-6-14-26(3,4)29)22-12-13-23-19(8-5-9-24(22)23)10-11-20-15-21(27)16-25(28)18(20)2/h10-11,17,21-25,27-29H,2,5-9,12-16H2,1,3-4H3/b19-10+,20-11-/t17-,21-,22?,23+,24-,25+/m1/s1. The first-order valence-corrected chi connectivity index (χ1v) is 11.8. The predicted octanol–water partition coefficient (Wildman–Crippen LogP) is 5.31. The van der Waals surface area contributed by atoms with Crippen molar-refractivity contribution in [3.8, 4) is 0 Å². The lowest BCUT2D eigenvalue weighted by atomic mass is 9.71. The molecule has 0 aromatic carbocycles. The summed E-state index contributed by atoms with van der Waals surface area (Å²) < 4.78 is 0. The minimum absolute atomic E-state index is 0.407. The lowest BCUT2D eigenvalue weighted by molar-refractivity contribution is 0.0651. The molecule has 0 heterocycles. The zero-order valence-corrected chi connectivity index (χ0v) is 18.7. The lowest BCUT2D eigenvalue weighted by Gasteiger charge is -2.34. The van der Waals surface area contributed by atoms with Gasteiger partial charge in [0, 0.05) is 6.42 Å². The minimum Gasteiger partial charge on any atom is -0.393 e. The third kappa shape index (κ3) is 5.83. The van der Waals surface area contributed by atoms with Gasteiger partial charge in [-0.15, -0.1) is 0 Å². The molecule has 3 nitrogen and oxygen atoms in total. The highest BCUT2D eigenvalue weighted by atomic mass is 16.3. The molecule has 0 bridgehead atoms. The Bertz CT molecular complexity index is 639. The molecule has 6 atom stereocenters. The van der Waals surface area contributed by atoms with Crippen LogP contribution in [0, 0.1) is 23.7 Å². The van der Waals surface area contributed by atoms with Gasteiger partial charge in [-0.2, -0.15) is 0 Å². The van der Waals surface area contributed by atoms with Crippen molar-refractivity contribution in [1.82, 2.24) is 0 Å². The SMILES string of the molecule is C=C1/C(=C\C=C2/CCC[C@@H]3C([C@H](C)CCCC(C)(C)O)CC[C@@H]23)C[C@@H](O)C[C@@H]1O. The Morgan fingerprint density at radius 1 is 1.17 bits per heavy atom. The minimum atomic E-state index is -0.608. The largest absolute Gasteiger partial charge is 0.393 e. The molecule has 0 amide bonds. The highest BCUT2D eigenvalue weighted by Crippen LogP contribution is 2.51. The summed E-state index contributed by atoms with van der Waals surface area (Å²) in [6.45, 7) is 10.3. The van der Waals surface area contributed by atoms with Crippen LogP contribution in [0.15, 0.2) is 35.5 Å². The van der Waals surface area contributed by atoms with E-state index in [0.29, 0.717) is 18.8 Å². The van der Waals surface area contributed by atoms with E-state index >= 15 is 0 Å². The molecule has 0 aromatic rings. The normalized spacial score (nSPS) is 37.2. The molecular weight excluding hydrogens is 360 g/mol. The van der Waals surface area contributed by atoms with E-state index in [4.69, 9.17) is 0 Å². The molecule has 0 spiro atoms. The Morgan fingerprint density at radius 3 is 2.66 bits per heavy atom. The van der Waals surface area contributed by atoms with Gasteiger partial charge in [-0.1, -0.05) is 44.1 Å². The number of hydrogen-bond acceptors (Lipinski definition) is 3. The predicted molar refractivity (Wildman–Crippen MR) is 119 cm³/mol. The topological polar surface area (TPSA) is 60.7 Å². The molecule has 0 aromatic heterocycles. The monoisotopic (exact) mass is 402 g/mol. The van der Waals surface area contributed by atoms with E-state index < -0.39 is 17.8 Å². The average molecular weight is 403 g/mol. The number of aliphatic hydroxyl groups is 3. The third-order valence-corrected chi connectivity index (χ3v) is 7.80. The summed E-state index contributed by atoms with van der Waals surface area (Å²) in [6, 6.07) is 0. The van der Waals surface area contributed by atoms with Gasteiger partial charge in [0.2, 0.25) is 0 Å². The summed E-state index contributed by atoms with van der Waals surface area (Å²) in [5.74, 6) is 3.05. The van der Waals surface area contributed by atoms with Crippen molar-refractivity contribution in [3.05, 3.63) is 35.5 Å². The Labute approximate surface area is 177 Å². The lowest BCUT2D eigenvalue weighted by Crippen LogP contribution is -2.27. The maximum Gasteiger partial charge on any atom is 0.0811 e. The number of allylic oxidation sites excluding steroid dienone is 3. The van der Waals surface area contributed by atoms with Gasteiger partial charge in [0.25, 0.3) is 0 Å². The summed E-state index contributed by atoms with van der Waals surface area (Å²) in [7, 11) is 0. The molecule has 3 aliphatic rings. The first-order chi connectivity index (χ1) is 13.7. The maximum atomic E-state index is 10.1. The zero-order chi connectivity index (χ0) is 21.2. The van der Waals surface area contributed by atoms with E-state index in [2.05, 4.69) is 25.7 Å². The van der Waals surface area contributed by atoms with E-state index in [1.54, 1.807) is 5.57 Å². The number of fused-ring (bicyclic) bond motifs is 1. The Kier molecular flexibility index (Phi) is 7.46. The molecule has 3 saturated carbocycles. The van der Waals surface area contributed by atoms with Gasteiger partial charge in [0.15, 0.2) is 0 Å². The molecule has 3 heteroatoms. The summed E-state index contributed by atoms with van der Waals surface area (Å²) in [4.78, 5) is 0. The molecule has 3 fully saturated rings. The molecule has 1 unspecified atom stereocenters. The van der Waals surface area contributed by atoms with Crippen LogP contribution in [-0.4, -0.2) is 33.1 Å². The van der Waals surface area contributed by atoms with Crippen molar-refractivity contribution < 1.29 is 15.3 Å². The van der Waals surface area contributed by atoms with E-state index in [1.165, 1.54) is 38.5 Å². The van der Waals surface area contributed by atoms with Crippen molar-refractivity contribution in [2.75, 3.05) is 0 Å². The Balaban J connectivity index is 1.63. The molecule has 0 saturated heterocycles. The molecule has 0 aliphatic heterocycles. The van der Waals surface area contributed by atoms with Crippen LogP contribution in [0.25, 0.3) is 0 Å². The fourth-order valence-electron chi connectivity index (χ4n) is 6.15. The molecule has 29 heavy (non-hydrogen) atoms. The molecule has 0 radical (unpaired) electrons. The first-order valence-electron chi connectivity index (χ1n) is 11.8. The average Bonchev–Trinajstić information content (AvgIpc) is 3.07. The quantitative estimate of drug-likeness (QED) is 0.564. The van der Waals surface area contributed by atoms with E-state index in [0.717, 1.165) is 41.7 Å². The van der Waals surface area contributed by atoms with Crippen LogP contribution in [0.1, 0.15) is 85.0 Å². The van der Waals surface area contributed by atoms with Crippen LogP contribution in [0.4, 0.5) is 0 Å². The van der Waals surface area contributed by atoms with Crippen LogP contribution in [0.3, 0.4) is 0 Å². The second-order valence-electron chi connectivity index (χ2n) is 10.7. The van der Waals surface area contributed by atoms with Crippen molar-refractivity contribution in [2.24, 2.45) is 23.7 Å². The maximum absolute atomic E-state index is 10.1. The third-order valence-electron chi connectivity index (χ3n) is 7.80. The van der Waals surface area contributed by atoms with Crippen LogP contribution in [0.5, 0.6) is 0 Å². The Morgan fingerprint density at radius 2 is 1.93 bits per heavy atom. The van der Waals surface area contributed by atoms with Crippen LogP contribution in [0.2, 0.25) is 0 Å². The summed E-state index contributed by atoms with van der Waals surface area (Å²) in [6.07, 6.45) is 14.0. The van der Waals surface area contributed by atoms with Crippen LogP contribution < -0.4 is 0 Å². The number of hydrogen-bond donors (Lipinski definition) is 3. The zero-order valence-electron chi connectivity index (χ0n) is 18.7. The van der Waals surface area contributed by atoms with Crippen LogP contribution in [-0.2, 0) is 0 Å². The van der Waals surface area contributed by atoms with Gasteiger partial charge in [-0.3, -0.25) is 0 Å². The smallest absolute Gasteiger partial charge is 0.0811 e. The van der Waals surface area contributed by atoms with Gasteiger partial charge in [-0.25, -0.2) is 0 Å². The molecule has 3 N–H and O–H groups in total. The first kappa shape index (κ1) is 22.8. The number of rotatable bonds is 6. The van der Waals surface area contributed by atoms with Gasteiger partial charge in [0.05, 0.1) is 17.8 Å². The number of aliphatic hydroxyl groups excluding tert-OH is 2. The second kappa shape index (κ2) is 9.49. The summed E-state index contributed by atoms with van der Waals surface area (Å²) in [5, 5.41) is 30.1. The highest BCUT2D eigenvalue weighted by Gasteiger charge is 2.41. The Hall–Kier alpha value is -0.900. The van der Waals surface area contributed by atoms with Crippen molar-refractivity contribution in [2.45, 2.75) is 103 Å². The van der Waals surface area contributed by atoms with Gasteiger partial charge >= 0.3 is 0 Å². The molecular formula is C26H42O3. The van der Waals surface area contributed by atoms with Gasteiger partial charge in [0.1, 0.15) is 0 Å². The van der Waals surface area contributed by atoms with Crippen molar-refractivity contribution in [3.63, 3.8) is 0 Å². The van der Waals surface area contributed by atoms with Gasteiger partial charge in [-0.05, 0) is 93.6 Å². The second-order valence-corrected chi connectivity index (χ2v) is 10.7. The molecule has 164 valence electrons. The van der Waals surface area contributed by atoms with E-state index in [-0.39, 0.29) is 0 Å². The van der Waals surface area contributed by atoms with Gasteiger partial charge < -0.3 is 15.3 Å². The molecule has 3 rings (SSSR count). The van der Waals surface area contributed by atoms with Crippen LogP contribution >= 0.6 is 0 Å². The van der Waals surface area contributed by atoms with E-state index in [1.807, 2.05) is 13.8 Å². The van der Waals surface area contributed by atoms with Crippen molar-refractivity contribution >= 4 is 0 Å². The molecule has 3 aliphatic carbocycles. The fourth-order valence-corrected chi connectivity index (χ4v) is 6.15. The fraction of sp³-hybridized carbons (Fsp3) is 0.769. The van der Waals surface area contributed by atoms with E-state index in [9.17, 15) is 15.3 Å².